The molecule has 1 aromatic rings. The molecule has 1 aromatic heterocycles. The molecule has 16 heavy (non-hydrogen) atoms. The van der Waals surface area contributed by atoms with Crippen LogP contribution in [0.3, 0.4) is 0 Å². The maximum atomic E-state index is 11.2. The van der Waals surface area contributed by atoms with Crippen molar-refractivity contribution in [1.82, 2.24) is 14.8 Å². The number of carbonyl (C=O) groups is 1. The highest BCUT2D eigenvalue weighted by molar-refractivity contribution is 5.71. The van der Waals surface area contributed by atoms with E-state index in [2.05, 4.69) is 10.1 Å². The molecule has 5 heteroatoms. The molecule has 0 spiro atoms. The van der Waals surface area contributed by atoms with Crippen LogP contribution in [0, 0.1) is 5.92 Å². The summed E-state index contributed by atoms with van der Waals surface area (Å²) in [5.41, 5.74) is 0. The molecule has 1 aliphatic carbocycles. The molecule has 0 aliphatic heterocycles. The summed E-state index contributed by atoms with van der Waals surface area (Å²) in [5.74, 6) is -0.385. The van der Waals surface area contributed by atoms with Crippen LogP contribution in [0.5, 0.6) is 0 Å². The first-order chi connectivity index (χ1) is 7.74. The predicted molar refractivity (Wildman–Crippen MR) is 57.9 cm³/mol. The van der Waals surface area contributed by atoms with Gasteiger partial charge in [0, 0.05) is 12.5 Å². The fourth-order valence-corrected chi connectivity index (χ4v) is 2.18. The predicted octanol–water partition coefficient (Wildman–Crippen LogP) is 1.43. The van der Waals surface area contributed by atoms with Crippen molar-refractivity contribution in [3.63, 3.8) is 0 Å². The first kappa shape index (κ1) is 10.9. The van der Waals surface area contributed by atoms with Gasteiger partial charge >= 0.3 is 5.97 Å². The van der Waals surface area contributed by atoms with Crippen LogP contribution in [0.4, 0.5) is 0 Å². The number of carboxylic acid groups (broad SMARTS) is 1. The topological polar surface area (TPSA) is 68.0 Å². The summed E-state index contributed by atoms with van der Waals surface area (Å²) in [4.78, 5) is 15.4. The average molecular weight is 221 g/mol. The number of rotatable bonds is 3. The van der Waals surface area contributed by atoms with Crippen molar-refractivity contribution in [2.45, 2.75) is 32.2 Å². The summed E-state index contributed by atoms with van der Waals surface area (Å²) in [5, 5.41) is 13.3. The van der Waals surface area contributed by atoms with Gasteiger partial charge in [-0.25, -0.2) is 4.98 Å². The molecule has 1 heterocycles. The lowest BCUT2D eigenvalue weighted by Crippen LogP contribution is -2.26. The van der Waals surface area contributed by atoms with Gasteiger partial charge in [0.05, 0.1) is 5.92 Å². The maximum Gasteiger partial charge on any atom is 0.307 e. The van der Waals surface area contributed by atoms with Crippen LogP contribution in [0.2, 0.25) is 0 Å². The van der Waals surface area contributed by atoms with Crippen LogP contribution in [0.1, 0.15) is 31.5 Å². The lowest BCUT2D eigenvalue weighted by molar-refractivity contribution is -0.142. The van der Waals surface area contributed by atoms with E-state index in [0.717, 1.165) is 18.8 Å². The highest BCUT2D eigenvalue weighted by Gasteiger charge is 2.32. The Bertz CT molecular complexity index is 411. The van der Waals surface area contributed by atoms with Crippen LogP contribution in [0.15, 0.2) is 18.5 Å². The lowest BCUT2D eigenvalue weighted by atomic mass is 9.82. The Morgan fingerprint density at radius 1 is 1.56 bits per heavy atom. The van der Waals surface area contributed by atoms with Gasteiger partial charge < -0.3 is 5.11 Å². The summed E-state index contributed by atoms with van der Waals surface area (Å²) in [6, 6.07) is 0. The van der Waals surface area contributed by atoms with E-state index in [0.29, 0.717) is 6.42 Å². The fraction of sp³-hybridized carbons (Fsp3) is 0.545. The molecule has 2 atom stereocenters. The SMILES string of the molecule is CCn1ncnc1[C@@H]1CC=CC[C@@H]1C(=O)O. The van der Waals surface area contributed by atoms with Crippen LogP contribution < -0.4 is 0 Å². The van der Waals surface area contributed by atoms with Gasteiger partial charge in [0.15, 0.2) is 0 Å². The Balaban J connectivity index is 2.31. The molecule has 86 valence electrons. The summed E-state index contributed by atoms with van der Waals surface area (Å²) in [7, 11) is 0. The molecule has 1 aliphatic rings. The van der Waals surface area contributed by atoms with Gasteiger partial charge in [-0.2, -0.15) is 5.10 Å². The second kappa shape index (κ2) is 4.47. The third kappa shape index (κ3) is 1.85. The van der Waals surface area contributed by atoms with Crippen molar-refractivity contribution in [3.05, 3.63) is 24.3 Å². The molecule has 0 bridgehead atoms. The number of allylic oxidation sites excluding steroid dienone is 2. The van der Waals surface area contributed by atoms with Gasteiger partial charge in [0.25, 0.3) is 0 Å². The number of aryl methyl sites for hydroxylation is 1. The van der Waals surface area contributed by atoms with E-state index in [4.69, 9.17) is 0 Å². The number of hydrogen-bond donors (Lipinski definition) is 1. The molecule has 0 fully saturated rings. The Labute approximate surface area is 93.8 Å². The standard InChI is InChI=1S/C11H15N3O2/c1-2-14-10(12-7-13-14)8-5-3-4-6-9(8)11(15)16/h3-4,7-9H,2,5-6H2,1H3,(H,15,16)/t8-,9+/m1/s1. The highest BCUT2D eigenvalue weighted by Crippen LogP contribution is 2.33. The van der Waals surface area contributed by atoms with Crippen LogP contribution >= 0.6 is 0 Å². The summed E-state index contributed by atoms with van der Waals surface area (Å²) in [6.07, 6.45) is 6.77. The largest absolute Gasteiger partial charge is 0.481 e. The van der Waals surface area contributed by atoms with Gasteiger partial charge in [-0.05, 0) is 19.8 Å². The van der Waals surface area contributed by atoms with Gasteiger partial charge in [-0.15, -0.1) is 0 Å². The average Bonchev–Trinajstić information content (AvgIpc) is 2.76. The number of aliphatic carboxylic acids is 1. The van der Waals surface area contributed by atoms with E-state index in [1.54, 1.807) is 4.68 Å². The first-order valence-electron chi connectivity index (χ1n) is 5.49. The number of nitrogens with zero attached hydrogens (tertiary/aromatic N) is 3. The quantitative estimate of drug-likeness (QED) is 0.784. The minimum absolute atomic E-state index is 0.0510. The van der Waals surface area contributed by atoms with Crippen molar-refractivity contribution in [3.8, 4) is 0 Å². The fourth-order valence-electron chi connectivity index (χ4n) is 2.18. The smallest absolute Gasteiger partial charge is 0.307 e. The molecule has 0 aromatic carbocycles. The summed E-state index contributed by atoms with van der Waals surface area (Å²) < 4.78 is 1.78. The van der Waals surface area contributed by atoms with Crippen LogP contribution in [-0.2, 0) is 11.3 Å². The number of hydrogen-bond acceptors (Lipinski definition) is 3. The van der Waals surface area contributed by atoms with Crippen molar-refractivity contribution in [1.29, 1.82) is 0 Å². The van der Waals surface area contributed by atoms with Gasteiger partial charge in [0.1, 0.15) is 12.2 Å². The monoisotopic (exact) mass is 221 g/mol. The summed E-state index contributed by atoms with van der Waals surface area (Å²) in [6.45, 7) is 2.70. The zero-order valence-corrected chi connectivity index (χ0v) is 9.21. The Hall–Kier alpha value is -1.65. The molecule has 2 rings (SSSR count). The molecule has 5 nitrogen and oxygen atoms in total. The van der Waals surface area contributed by atoms with E-state index in [1.807, 2.05) is 19.1 Å². The van der Waals surface area contributed by atoms with E-state index >= 15 is 0 Å². The second-order valence-corrected chi connectivity index (χ2v) is 3.93. The summed E-state index contributed by atoms with van der Waals surface area (Å²) >= 11 is 0. The van der Waals surface area contributed by atoms with E-state index < -0.39 is 5.97 Å². The molecule has 0 amide bonds. The first-order valence-corrected chi connectivity index (χ1v) is 5.49. The van der Waals surface area contributed by atoms with Gasteiger partial charge in [-0.1, -0.05) is 12.2 Å². The van der Waals surface area contributed by atoms with Crippen molar-refractivity contribution < 1.29 is 9.90 Å². The highest BCUT2D eigenvalue weighted by atomic mass is 16.4. The van der Waals surface area contributed by atoms with Crippen molar-refractivity contribution in [2.24, 2.45) is 5.92 Å². The Kier molecular flexibility index (Phi) is 3.03. The third-order valence-corrected chi connectivity index (χ3v) is 3.03. The Morgan fingerprint density at radius 3 is 3.00 bits per heavy atom. The third-order valence-electron chi connectivity index (χ3n) is 3.03. The molecular weight excluding hydrogens is 206 g/mol. The molecule has 0 radical (unpaired) electrons. The van der Waals surface area contributed by atoms with Gasteiger partial charge in [-0.3, -0.25) is 9.48 Å². The molecular formula is C11H15N3O2. The molecule has 0 saturated carbocycles. The second-order valence-electron chi connectivity index (χ2n) is 3.93. The maximum absolute atomic E-state index is 11.2. The van der Waals surface area contributed by atoms with Crippen molar-refractivity contribution >= 4 is 5.97 Å². The minimum Gasteiger partial charge on any atom is -0.481 e. The van der Waals surface area contributed by atoms with Crippen LogP contribution in [0.25, 0.3) is 0 Å². The molecule has 0 saturated heterocycles. The zero-order chi connectivity index (χ0) is 11.5. The number of carboxylic acids is 1. The lowest BCUT2D eigenvalue weighted by Gasteiger charge is -2.24. The van der Waals surface area contributed by atoms with Crippen LogP contribution in [-0.4, -0.2) is 25.8 Å². The van der Waals surface area contributed by atoms with Crippen molar-refractivity contribution in [2.75, 3.05) is 0 Å². The Morgan fingerprint density at radius 2 is 2.31 bits per heavy atom. The minimum atomic E-state index is -0.750. The van der Waals surface area contributed by atoms with Gasteiger partial charge in [0.2, 0.25) is 0 Å². The molecule has 1 N–H and O–H groups in total. The van der Waals surface area contributed by atoms with E-state index in [9.17, 15) is 9.90 Å². The molecule has 0 unspecified atom stereocenters. The zero-order valence-electron chi connectivity index (χ0n) is 9.21. The normalized spacial score (nSPS) is 24.6. The van der Waals surface area contributed by atoms with E-state index in [-0.39, 0.29) is 11.8 Å². The van der Waals surface area contributed by atoms with E-state index in [1.165, 1.54) is 6.33 Å². The number of aromatic nitrogens is 3.